The Bertz CT molecular complexity index is 657. The lowest BCUT2D eigenvalue weighted by molar-refractivity contribution is -0.385. The number of nitro groups is 1. The molecule has 0 heterocycles. The number of anilines is 2. The van der Waals surface area contributed by atoms with Gasteiger partial charge in [-0.05, 0) is 18.2 Å². The Morgan fingerprint density at radius 2 is 1.71 bits per heavy atom. The summed E-state index contributed by atoms with van der Waals surface area (Å²) in [6.07, 6.45) is -4.68. The molecule has 0 radical (unpaired) electrons. The molecule has 0 fully saturated rings. The van der Waals surface area contributed by atoms with Gasteiger partial charge in [-0.25, -0.2) is 0 Å². The normalized spacial score (nSPS) is 11.2. The maximum Gasteiger partial charge on any atom is 0.418 e. The first-order valence-corrected chi connectivity index (χ1v) is 5.95. The van der Waals surface area contributed by atoms with Crippen molar-refractivity contribution in [2.24, 2.45) is 0 Å². The van der Waals surface area contributed by atoms with Gasteiger partial charge in [0.2, 0.25) is 0 Å². The van der Waals surface area contributed by atoms with Crippen LogP contribution >= 0.6 is 0 Å². The number of nitrogens with zero attached hydrogens (tertiary/aromatic N) is 2. The average molecular weight is 296 g/mol. The molecule has 0 bridgehead atoms. The highest BCUT2D eigenvalue weighted by atomic mass is 19.4. The summed E-state index contributed by atoms with van der Waals surface area (Å²) in [6.45, 7) is 0. The highest BCUT2D eigenvalue weighted by Gasteiger charge is 2.36. The van der Waals surface area contributed by atoms with Crippen LogP contribution in [-0.2, 0) is 6.18 Å². The molecule has 0 atom stereocenters. The first kappa shape index (κ1) is 14.8. The zero-order valence-electron chi connectivity index (χ0n) is 11.0. The monoisotopic (exact) mass is 296 g/mol. The van der Waals surface area contributed by atoms with E-state index in [-0.39, 0.29) is 5.69 Å². The third-order valence-electron chi connectivity index (χ3n) is 3.00. The van der Waals surface area contributed by atoms with Crippen LogP contribution in [0.1, 0.15) is 5.56 Å². The summed E-state index contributed by atoms with van der Waals surface area (Å²) in [5, 5.41) is 10.7. The van der Waals surface area contributed by atoms with E-state index in [9.17, 15) is 23.3 Å². The summed E-state index contributed by atoms with van der Waals surface area (Å²) in [6, 6.07) is 11.2. The van der Waals surface area contributed by atoms with Gasteiger partial charge in [0, 0.05) is 24.9 Å². The molecule has 0 amide bonds. The SMILES string of the molecule is CN(c1ccccc1)c1ccc([N+](=O)[O-])cc1C(F)(F)F. The van der Waals surface area contributed by atoms with Crippen molar-refractivity contribution in [3.05, 3.63) is 64.2 Å². The van der Waals surface area contributed by atoms with Crippen LogP contribution in [0.25, 0.3) is 0 Å². The first-order chi connectivity index (χ1) is 9.80. The molecule has 2 aromatic rings. The number of rotatable bonds is 3. The summed E-state index contributed by atoms with van der Waals surface area (Å²) in [5.41, 5.74) is -1.22. The minimum absolute atomic E-state index is 0.140. The maximum atomic E-state index is 13.1. The molecule has 110 valence electrons. The van der Waals surface area contributed by atoms with Gasteiger partial charge in [-0.2, -0.15) is 13.2 Å². The van der Waals surface area contributed by atoms with Crippen LogP contribution in [0.2, 0.25) is 0 Å². The molecule has 0 aliphatic rings. The van der Waals surface area contributed by atoms with Gasteiger partial charge in [0.25, 0.3) is 5.69 Å². The van der Waals surface area contributed by atoms with E-state index in [1.54, 1.807) is 30.3 Å². The third kappa shape index (κ3) is 3.13. The molecule has 4 nitrogen and oxygen atoms in total. The Kier molecular flexibility index (Phi) is 3.84. The summed E-state index contributed by atoms with van der Waals surface area (Å²) in [7, 11) is 1.48. The quantitative estimate of drug-likeness (QED) is 0.623. The van der Waals surface area contributed by atoms with E-state index in [2.05, 4.69) is 0 Å². The minimum Gasteiger partial charge on any atom is -0.344 e. The topological polar surface area (TPSA) is 46.4 Å². The van der Waals surface area contributed by atoms with E-state index in [4.69, 9.17) is 0 Å². The van der Waals surface area contributed by atoms with E-state index in [1.807, 2.05) is 0 Å². The molecule has 0 aliphatic heterocycles. The van der Waals surface area contributed by atoms with Crippen molar-refractivity contribution >= 4 is 17.1 Å². The van der Waals surface area contributed by atoms with Crippen LogP contribution in [0.5, 0.6) is 0 Å². The lowest BCUT2D eigenvalue weighted by Crippen LogP contribution is -2.16. The Hall–Kier alpha value is -2.57. The van der Waals surface area contributed by atoms with Gasteiger partial charge in [0.1, 0.15) is 0 Å². The predicted molar refractivity (Wildman–Crippen MR) is 72.6 cm³/mol. The number of alkyl halides is 3. The van der Waals surface area contributed by atoms with E-state index < -0.39 is 22.4 Å². The molecule has 21 heavy (non-hydrogen) atoms. The van der Waals surface area contributed by atoms with Gasteiger partial charge < -0.3 is 4.90 Å². The zero-order valence-corrected chi connectivity index (χ0v) is 11.0. The molecule has 7 heteroatoms. The van der Waals surface area contributed by atoms with Crippen molar-refractivity contribution < 1.29 is 18.1 Å². The van der Waals surface area contributed by atoms with Crippen LogP contribution in [0.4, 0.5) is 30.2 Å². The predicted octanol–water partition coefficient (Wildman–Crippen LogP) is 4.38. The molecule has 0 saturated carbocycles. The van der Waals surface area contributed by atoms with Crippen molar-refractivity contribution in [1.29, 1.82) is 0 Å². The number of benzene rings is 2. The second kappa shape index (κ2) is 5.43. The maximum absolute atomic E-state index is 13.1. The largest absolute Gasteiger partial charge is 0.418 e. The summed E-state index contributed by atoms with van der Waals surface area (Å²) in [4.78, 5) is 11.1. The first-order valence-electron chi connectivity index (χ1n) is 5.95. The van der Waals surface area contributed by atoms with E-state index in [0.29, 0.717) is 11.8 Å². The van der Waals surface area contributed by atoms with E-state index in [0.717, 1.165) is 12.1 Å². The summed E-state index contributed by atoms with van der Waals surface area (Å²) in [5.74, 6) is 0. The van der Waals surface area contributed by atoms with Crippen molar-refractivity contribution in [2.75, 3.05) is 11.9 Å². The average Bonchev–Trinajstić information content (AvgIpc) is 2.46. The number of nitro benzene ring substituents is 1. The zero-order chi connectivity index (χ0) is 15.6. The molecular weight excluding hydrogens is 285 g/mol. The molecular formula is C14H11F3N2O2. The van der Waals surface area contributed by atoms with Crippen molar-refractivity contribution in [3.8, 4) is 0 Å². The second-order valence-corrected chi connectivity index (χ2v) is 4.35. The Morgan fingerprint density at radius 1 is 1.10 bits per heavy atom. The van der Waals surface area contributed by atoms with Crippen LogP contribution in [0.3, 0.4) is 0 Å². The fourth-order valence-corrected chi connectivity index (χ4v) is 1.95. The fourth-order valence-electron chi connectivity index (χ4n) is 1.95. The molecule has 0 aliphatic carbocycles. The second-order valence-electron chi connectivity index (χ2n) is 4.35. The minimum atomic E-state index is -4.68. The number of hydrogen-bond acceptors (Lipinski definition) is 3. The lowest BCUT2D eigenvalue weighted by atomic mass is 10.1. The summed E-state index contributed by atoms with van der Waals surface area (Å²) < 4.78 is 39.4. The smallest absolute Gasteiger partial charge is 0.344 e. The van der Waals surface area contributed by atoms with Crippen LogP contribution in [0, 0.1) is 10.1 Å². The van der Waals surface area contributed by atoms with Gasteiger partial charge in [0.15, 0.2) is 0 Å². The van der Waals surface area contributed by atoms with Crippen LogP contribution in [0.15, 0.2) is 48.5 Å². The van der Waals surface area contributed by atoms with Gasteiger partial charge in [-0.1, -0.05) is 18.2 Å². The Balaban J connectivity index is 2.55. The standard InChI is InChI=1S/C14H11F3N2O2/c1-18(10-5-3-2-4-6-10)13-8-7-11(19(20)21)9-12(13)14(15,16)17/h2-9H,1H3. The van der Waals surface area contributed by atoms with Gasteiger partial charge in [-0.15, -0.1) is 0 Å². The molecule has 0 aromatic heterocycles. The lowest BCUT2D eigenvalue weighted by Gasteiger charge is -2.23. The highest BCUT2D eigenvalue weighted by molar-refractivity contribution is 5.68. The van der Waals surface area contributed by atoms with E-state index in [1.165, 1.54) is 11.9 Å². The fraction of sp³-hybridized carbons (Fsp3) is 0.143. The van der Waals surface area contributed by atoms with Crippen LogP contribution in [-0.4, -0.2) is 12.0 Å². The number of para-hydroxylation sites is 1. The third-order valence-corrected chi connectivity index (χ3v) is 3.00. The molecule has 2 aromatic carbocycles. The molecule has 0 saturated heterocycles. The van der Waals surface area contributed by atoms with Crippen molar-refractivity contribution in [1.82, 2.24) is 0 Å². The van der Waals surface area contributed by atoms with Gasteiger partial charge in [-0.3, -0.25) is 10.1 Å². The Labute approximate surface area is 118 Å². The molecule has 0 unspecified atom stereocenters. The molecule has 0 spiro atoms. The number of non-ortho nitro benzene ring substituents is 1. The van der Waals surface area contributed by atoms with Gasteiger partial charge >= 0.3 is 6.18 Å². The highest BCUT2D eigenvalue weighted by Crippen LogP contribution is 2.40. The van der Waals surface area contributed by atoms with Gasteiger partial charge in [0.05, 0.1) is 16.2 Å². The van der Waals surface area contributed by atoms with Crippen LogP contribution < -0.4 is 4.90 Å². The molecule has 2 rings (SSSR count). The van der Waals surface area contributed by atoms with Crippen molar-refractivity contribution in [2.45, 2.75) is 6.18 Å². The van der Waals surface area contributed by atoms with Crippen molar-refractivity contribution in [3.63, 3.8) is 0 Å². The van der Waals surface area contributed by atoms with E-state index >= 15 is 0 Å². The Morgan fingerprint density at radius 3 is 2.24 bits per heavy atom. The number of hydrogen-bond donors (Lipinski definition) is 0. The number of halogens is 3. The summed E-state index contributed by atoms with van der Waals surface area (Å²) >= 11 is 0. The molecule has 0 N–H and O–H groups in total.